The minimum Gasteiger partial charge on any atom is -0.494 e. The number of rotatable bonds is 7. The maximum Gasteiger partial charge on any atom is 0.223 e. The minimum atomic E-state index is 0.0811. The number of unbranched alkanes of at least 4 members (excludes halogenated alkanes) is 2. The molecule has 0 heterocycles. The minimum absolute atomic E-state index is 0.0811. The normalized spacial score (nSPS) is 12.0. The number of nitrogens with two attached hydrogens (primary N) is 2. The van der Waals surface area contributed by atoms with E-state index in [2.05, 4.69) is 22.2 Å². The molecule has 0 aliphatic heterocycles. The van der Waals surface area contributed by atoms with Crippen LogP contribution in [0.2, 0.25) is 0 Å². The largest absolute Gasteiger partial charge is 0.494 e. The molecule has 0 spiro atoms. The molecule has 0 saturated carbocycles. The molecule has 0 saturated heterocycles. The van der Waals surface area contributed by atoms with Crippen LogP contribution in [0.5, 0.6) is 5.75 Å². The number of para-hydroxylation sites is 1. The number of hydrogen-bond donors (Lipinski definition) is 3. The van der Waals surface area contributed by atoms with E-state index in [0.29, 0.717) is 5.69 Å². The van der Waals surface area contributed by atoms with Crippen LogP contribution in [0.1, 0.15) is 26.2 Å². The Labute approximate surface area is 148 Å². The number of nitrogens with one attached hydrogen (secondary N) is 1. The van der Waals surface area contributed by atoms with Gasteiger partial charge in [-0.05, 0) is 42.8 Å². The summed E-state index contributed by atoms with van der Waals surface area (Å²) in [6.45, 7) is 2.90. The first-order valence-corrected chi connectivity index (χ1v) is 8.40. The quantitative estimate of drug-likeness (QED) is 0.407. The van der Waals surface area contributed by atoms with Crippen molar-refractivity contribution in [3.8, 4) is 5.75 Å². The Morgan fingerprint density at radius 1 is 1.00 bits per heavy atom. The molecule has 0 aliphatic rings. The fourth-order valence-corrected chi connectivity index (χ4v) is 2.14. The topological polar surface area (TPSA) is 98.0 Å². The molecule has 6 nitrogen and oxygen atoms in total. The number of nitrogens with zero attached hydrogens (tertiary/aromatic N) is 2. The van der Waals surface area contributed by atoms with Crippen molar-refractivity contribution in [2.75, 3.05) is 11.9 Å². The lowest BCUT2D eigenvalue weighted by atomic mass is 10.2. The molecular weight excluding hydrogens is 314 g/mol. The molecule has 2 aromatic rings. The zero-order valence-electron chi connectivity index (χ0n) is 14.5. The Kier molecular flexibility index (Phi) is 7.31. The van der Waals surface area contributed by atoms with Crippen LogP contribution in [0.15, 0.2) is 64.6 Å². The Hall–Kier alpha value is -3.02. The third-order valence-electron chi connectivity index (χ3n) is 3.38. The van der Waals surface area contributed by atoms with E-state index in [9.17, 15) is 0 Å². The fourth-order valence-electron chi connectivity index (χ4n) is 2.14. The van der Waals surface area contributed by atoms with Crippen LogP contribution in [0.3, 0.4) is 0 Å². The van der Waals surface area contributed by atoms with Gasteiger partial charge < -0.3 is 21.5 Å². The first-order chi connectivity index (χ1) is 12.2. The zero-order chi connectivity index (χ0) is 17.9. The number of aliphatic imine (C=N–C) groups is 2. The zero-order valence-corrected chi connectivity index (χ0v) is 14.5. The van der Waals surface area contributed by atoms with Crippen LogP contribution in [0.25, 0.3) is 0 Å². The van der Waals surface area contributed by atoms with E-state index in [1.165, 1.54) is 12.8 Å². The van der Waals surface area contributed by atoms with Crippen molar-refractivity contribution in [3.05, 3.63) is 54.6 Å². The van der Waals surface area contributed by atoms with Crippen LogP contribution in [-0.4, -0.2) is 18.5 Å². The van der Waals surface area contributed by atoms with Gasteiger partial charge in [-0.15, -0.1) is 0 Å². The second-order valence-corrected chi connectivity index (χ2v) is 5.51. The van der Waals surface area contributed by atoms with Gasteiger partial charge in [0.05, 0.1) is 12.3 Å². The van der Waals surface area contributed by atoms with E-state index >= 15 is 0 Å². The third kappa shape index (κ3) is 6.95. The summed E-state index contributed by atoms with van der Waals surface area (Å²) >= 11 is 0. The molecule has 0 amide bonds. The average molecular weight is 339 g/mol. The van der Waals surface area contributed by atoms with Crippen molar-refractivity contribution in [2.24, 2.45) is 21.5 Å². The number of ether oxygens (including phenoxy) is 1. The van der Waals surface area contributed by atoms with Gasteiger partial charge in [0, 0.05) is 5.69 Å². The SMILES string of the molecule is CCCCCOc1ccc(N=C(N)/N=C(\N)Nc2ccccc2)cc1. The summed E-state index contributed by atoms with van der Waals surface area (Å²) in [5, 5.41) is 2.95. The summed E-state index contributed by atoms with van der Waals surface area (Å²) in [4.78, 5) is 8.26. The Bertz CT molecular complexity index is 696. The van der Waals surface area contributed by atoms with Crippen LogP contribution in [-0.2, 0) is 0 Å². The first-order valence-electron chi connectivity index (χ1n) is 8.40. The molecule has 6 heteroatoms. The van der Waals surface area contributed by atoms with Crippen LogP contribution < -0.4 is 21.5 Å². The molecular formula is C19H25N5O. The lowest BCUT2D eigenvalue weighted by Gasteiger charge is -2.06. The molecule has 0 radical (unpaired) electrons. The highest BCUT2D eigenvalue weighted by molar-refractivity contribution is 6.01. The molecule has 5 N–H and O–H groups in total. The van der Waals surface area contributed by atoms with E-state index in [1.54, 1.807) is 0 Å². The highest BCUT2D eigenvalue weighted by Crippen LogP contribution is 2.18. The van der Waals surface area contributed by atoms with Gasteiger partial charge in [0.2, 0.25) is 11.9 Å². The highest BCUT2D eigenvalue weighted by Gasteiger charge is 1.98. The van der Waals surface area contributed by atoms with Gasteiger partial charge in [0.15, 0.2) is 0 Å². The molecule has 0 unspecified atom stereocenters. The number of anilines is 1. The van der Waals surface area contributed by atoms with E-state index in [-0.39, 0.29) is 11.9 Å². The lowest BCUT2D eigenvalue weighted by Crippen LogP contribution is -2.25. The van der Waals surface area contributed by atoms with Crippen LogP contribution in [0.4, 0.5) is 11.4 Å². The Morgan fingerprint density at radius 2 is 1.72 bits per heavy atom. The maximum absolute atomic E-state index is 5.82. The number of guanidine groups is 2. The second-order valence-electron chi connectivity index (χ2n) is 5.51. The first kappa shape index (κ1) is 18.3. The summed E-state index contributed by atoms with van der Waals surface area (Å²) in [6.07, 6.45) is 3.42. The molecule has 0 atom stereocenters. The summed E-state index contributed by atoms with van der Waals surface area (Å²) in [7, 11) is 0. The lowest BCUT2D eigenvalue weighted by molar-refractivity contribution is 0.306. The molecule has 132 valence electrons. The molecule has 25 heavy (non-hydrogen) atoms. The van der Waals surface area contributed by atoms with E-state index in [1.807, 2.05) is 54.6 Å². The fraction of sp³-hybridized carbons (Fsp3) is 0.263. The van der Waals surface area contributed by atoms with Gasteiger partial charge in [-0.1, -0.05) is 38.0 Å². The van der Waals surface area contributed by atoms with Crippen molar-refractivity contribution >= 4 is 23.3 Å². The Morgan fingerprint density at radius 3 is 2.40 bits per heavy atom. The van der Waals surface area contributed by atoms with Crippen LogP contribution >= 0.6 is 0 Å². The predicted octanol–water partition coefficient (Wildman–Crippen LogP) is 3.63. The number of benzene rings is 2. The third-order valence-corrected chi connectivity index (χ3v) is 3.38. The molecule has 0 fully saturated rings. The summed E-state index contributed by atoms with van der Waals surface area (Å²) < 4.78 is 5.66. The molecule has 0 aromatic heterocycles. The van der Waals surface area contributed by atoms with E-state index < -0.39 is 0 Å². The average Bonchev–Trinajstić information content (AvgIpc) is 2.61. The van der Waals surface area contributed by atoms with Gasteiger partial charge in [0.25, 0.3) is 0 Å². The molecule has 2 aromatic carbocycles. The standard InChI is InChI=1S/C19H25N5O/c1-2-3-7-14-25-17-12-10-16(11-13-17)23-19(21)24-18(20)22-15-8-5-4-6-9-15/h4-6,8-13H,2-3,7,14H2,1H3,(H5,20,21,22,23,24). The summed E-state index contributed by atoms with van der Waals surface area (Å²) in [6, 6.07) is 16.9. The van der Waals surface area contributed by atoms with Crippen molar-refractivity contribution in [1.29, 1.82) is 0 Å². The van der Waals surface area contributed by atoms with Gasteiger partial charge in [0.1, 0.15) is 5.75 Å². The predicted molar refractivity (Wildman–Crippen MR) is 104 cm³/mol. The van der Waals surface area contributed by atoms with E-state index in [4.69, 9.17) is 16.2 Å². The van der Waals surface area contributed by atoms with E-state index in [0.717, 1.165) is 24.5 Å². The van der Waals surface area contributed by atoms with Gasteiger partial charge in [-0.3, -0.25) is 0 Å². The van der Waals surface area contributed by atoms with Crippen molar-refractivity contribution < 1.29 is 4.74 Å². The summed E-state index contributed by atoms with van der Waals surface area (Å²) in [5.74, 6) is 1.09. The van der Waals surface area contributed by atoms with Crippen molar-refractivity contribution in [3.63, 3.8) is 0 Å². The van der Waals surface area contributed by atoms with Gasteiger partial charge >= 0.3 is 0 Å². The highest BCUT2D eigenvalue weighted by atomic mass is 16.5. The second kappa shape index (κ2) is 9.97. The van der Waals surface area contributed by atoms with Crippen molar-refractivity contribution in [2.45, 2.75) is 26.2 Å². The van der Waals surface area contributed by atoms with Crippen LogP contribution in [0, 0.1) is 0 Å². The molecule has 0 bridgehead atoms. The smallest absolute Gasteiger partial charge is 0.223 e. The van der Waals surface area contributed by atoms with Crippen molar-refractivity contribution in [1.82, 2.24) is 0 Å². The maximum atomic E-state index is 5.82. The monoisotopic (exact) mass is 339 g/mol. The van der Waals surface area contributed by atoms with Gasteiger partial charge in [-0.2, -0.15) is 4.99 Å². The summed E-state index contributed by atoms with van der Waals surface area (Å²) in [5.41, 5.74) is 13.2. The Balaban J connectivity index is 1.91. The molecule has 0 aliphatic carbocycles. The van der Waals surface area contributed by atoms with Gasteiger partial charge in [-0.25, -0.2) is 4.99 Å². The molecule has 2 rings (SSSR count). The number of hydrogen-bond acceptors (Lipinski definition) is 2.